The summed E-state index contributed by atoms with van der Waals surface area (Å²) in [6.45, 7) is 0.334. The quantitative estimate of drug-likeness (QED) is 0.804. The molecule has 2 rings (SSSR count). The molecule has 0 unspecified atom stereocenters. The number of halogens is 4. The van der Waals surface area contributed by atoms with Gasteiger partial charge in [0.15, 0.2) is 0 Å². The molecule has 2 amide bonds. The van der Waals surface area contributed by atoms with E-state index in [0.717, 1.165) is 6.07 Å². The summed E-state index contributed by atoms with van der Waals surface area (Å²) < 4.78 is 37.4. The molecule has 0 aromatic heterocycles. The summed E-state index contributed by atoms with van der Waals surface area (Å²) in [5.74, 6) is 0. The maximum Gasteiger partial charge on any atom is 0.417 e. The topological polar surface area (TPSA) is 41.1 Å². The van der Waals surface area contributed by atoms with Gasteiger partial charge in [-0.05, 0) is 17.7 Å². The number of nitrogens with one attached hydrogen (secondary N) is 2. The Morgan fingerprint density at radius 3 is 2.53 bits per heavy atom. The lowest BCUT2D eigenvalue weighted by Gasteiger charge is -2.13. The van der Waals surface area contributed by atoms with E-state index < -0.39 is 11.7 Å². The number of alkyl halides is 3. The van der Waals surface area contributed by atoms with E-state index in [2.05, 4.69) is 10.6 Å². The highest BCUT2D eigenvalue weighted by molar-refractivity contribution is 6.31. The monoisotopic (exact) mass is 264 g/mol. The fourth-order valence-electron chi connectivity index (χ4n) is 1.63. The fraction of sp³-hybridized carbons (Fsp3) is 0.300. The van der Waals surface area contributed by atoms with Gasteiger partial charge in [-0.3, -0.25) is 0 Å². The summed E-state index contributed by atoms with van der Waals surface area (Å²) in [6.07, 6.45) is -4.47. The molecule has 1 aromatic carbocycles. The van der Waals surface area contributed by atoms with Crippen molar-refractivity contribution < 1.29 is 18.0 Å². The predicted molar refractivity (Wildman–Crippen MR) is 55.7 cm³/mol. The van der Waals surface area contributed by atoms with E-state index in [9.17, 15) is 18.0 Å². The predicted octanol–water partition coefficient (Wildman–Crippen LogP) is 2.71. The molecular formula is C10H8ClF3N2O. The Morgan fingerprint density at radius 2 is 2.06 bits per heavy atom. The zero-order valence-electron chi connectivity index (χ0n) is 8.44. The van der Waals surface area contributed by atoms with Gasteiger partial charge in [0.25, 0.3) is 0 Å². The SMILES string of the molecule is O=C1NC[C@@H](c2ccc(C(F)(F)F)c(Cl)c2)N1. The lowest BCUT2D eigenvalue weighted by atomic mass is 10.1. The van der Waals surface area contributed by atoms with Crippen molar-refractivity contribution in [2.45, 2.75) is 12.2 Å². The van der Waals surface area contributed by atoms with E-state index in [1.807, 2.05) is 0 Å². The first kappa shape index (κ1) is 12.0. The molecule has 0 radical (unpaired) electrons. The minimum absolute atomic E-state index is 0.334. The van der Waals surface area contributed by atoms with Crippen LogP contribution in [0.25, 0.3) is 0 Å². The molecule has 3 nitrogen and oxygen atoms in total. The number of hydrogen-bond donors (Lipinski definition) is 2. The second kappa shape index (κ2) is 4.10. The summed E-state index contributed by atoms with van der Waals surface area (Å²) in [5, 5.41) is 4.72. The smallest absolute Gasteiger partial charge is 0.336 e. The van der Waals surface area contributed by atoms with Crippen LogP contribution in [0.4, 0.5) is 18.0 Å². The van der Waals surface area contributed by atoms with Crippen molar-refractivity contribution in [1.29, 1.82) is 0 Å². The number of benzene rings is 1. The number of rotatable bonds is 1. The number of carbonyl (C=O) groups is 1. The van der Waals surface area contributed by atoms with Crippen molar-refractivity contribution in [1.82, 2.24) is 10.6 Å². The molecule has 0 saturated carbocycles. The first-order chi connectivity index (χ1) is 7.88. The molecule has 1 aliphatic heterocycles. The van der Waals surface area contributed by atoms with Gasteiger partial charge < -0.3 is 10.6 Å². The van der Waals surface area contributed by atoms with E-state index in [0.29, 0.717) is 12.1 Å². The zero-order chi connectivity index (χ0) is 12.6. The van der Waals surface area contributed by atoms with Crippen LogP contribution in [0.3, 0.4) is 0 Å². The molecule has 1 aromatic rings. The lowest BCUT2D eigenvalue weighted by molar-refractivity contribution is -0.137. The fourth-order valence-corrected chi connectivity index (χ4v) is 1.93. The van der Waals surface area contributed by atoms with Crippen LogP contribution in [-0.2, 0) is 6.18 Å². The van der Waals surface area contributed by atoms with Crippen molar-refractivity contribution in [2.24, 2.45) is 0 Å². The first-order valence-corrected chi connectivity index (χ1v) is 5.17. The molecule has 17 heavy (non-hydrogen) atoms. The summed E-state index contributed by atoms with van der Waals surface area (Å²) >= 11 is 5.58. The van der Waals surface area contributed by atoms with Crippen molar-refractivity contribution in [3.63, 3.8) is 0 Å². The van der Waals surface area contributed by atoms with Gasteiger partial charge in [0.05, 0.1) is 16.6 Å². The third-order valence-corrected chi connectivity index (χ3v) is 2.79. The third kappa shape index (κ3) is 2.46. The third-order valence-electron chi connectivity index (χ3n) is 2.47. The van der Waals surface area contributed by atoms with Gasteiger partial charge in [0, 0.05) is 6.54 Å². The molecule has 0 spiro atoms. The van der Waals surface area contributed by atoms with Crippen molar-refractivity contribution >= 4 is 17.6 Å². The van der Waals surface area contributed by atoms with E-state index in [1.165, 1.54) is 12.1 Å². The molecule has 1 saturated heterocycles. The molecule has 92 valence electrons. The largest absolute Gasteiger partial charge is 0.417 e. The Kier molecular flexibility index (Phi) is 2.91. The number of hydrogen-bond acceptors (Lipinski definition) is 1. The minimum Gasteiger partial charge on any atom is -0.336 e. The van der Waals surface area contributed by atoms with Crippen LogP contribution in [0.5, 0.6) is 0 Å². The van der Waals surface area contributed by atoms with Crippen LogP contribution in [0.1, 0.15) is 17.2 Å². The van der Waals surface area contributed by atoms with Gasteiger partial charge in [0.1, 0.15) is 0 Å². The molecule has 1 fully saturated rings. The van der Waals surface area contributed by atoms with Crippen LogP contribution >= 0.6 is 11.6 Å². The first-order valence-electron chi connectivity index (χ1n) is 4.79. The molecule has 1 heterocycles. The maximum atomic E-state index is 12.5. The van der Waals surface area contributed by atoms with Crippen LogP contribution in [0, 0.1) is 0 Å². The van der Waals surface area contributed by atoms with E-state index in [-0.39, 0.29) is 17.1 Å². The molecule has 0 aliphatic carbocycles. The molecule has 1 atom stereocenters. The van der Waals surface area contributed by atoms with Crippen molar-refractivity contribution in [3.8, 4) is 0 Å². The zero-order valence-corrected chi connectivity index (χ0v) is 9.19. The van der Waals surface area contributed by atoms with Gasteiger partial charge in [-0.1, -0.05) is 17.7 Å². The van der Waals surface area contributed by atoms with Gasteiger partial charge in [-0.15, -0.1) is 0 Å². The Labute approximate surface area is 99.9 Å². The number of carbonyl (C=O) groups excluding carboxylic acids is 1. The Balaban J connectivity index is 2.28. The molecule has 0 bridgehead atoms. The molecule has 7 heteroatoms. The highest BCUT2D eigenvalue weighted by Gasteiger charge is 2.33. The number of urea groups is 1. The Hall–Kier alpha value is -1.43. The minimum atomic E-state index is -4.47. The average Bonchev–Trinajstić information content (AvgIpc) is 2.62. The highest BCUT2D eigenvalue weighted by Crippen LogP contribution is 2.35. The van der Waals surface area contributed by atoms with E-state index in [1.54, 1.807) is 0 Å². The van der Waals surface area contributed by atoms with Crippen molar-refractivity contribution in [3.05, 3.63) is 34.3 Å². The van der Waals surface area contributed by atoms with Crippen LogP contribution in [0.15, 0.2) is 18.2 Å². The second-order valence-electron chi connectivity index (χ2n) is 3.64. The van der Waals surface area contributed by atoms with E-state index >= 15 is 0 Å². The summed E-state index contributed by atoms with van der Waals surface area (Å²) in [7, 11) is 0. The Morgan fingerprint density at radius 1 is 1.35 bits per heavy atom. The van der Waals surface area contributed by atoms with Crippen LogP contribution < -0.4 is 10.6 Å². The maximum absolute atomic E-state index is 12.5. The second-order valence-corrected chi connectivity index (χ2v) is 4.05. The van der Waals surface area contributed by atoms with Gasteiger partial charge >= 0.3 is 12.2 Å². The summed E-state index contributed by atoms with van der Waals surface area (Å²) in [5.41, 5.74) is -0.332. The molecule has 1 aliphatic rings. The van der Waals surface area contributed by atoms with Crippen molar-refractivity contribution in [2.75, 3.05) is 6.54 Å². The van der Waals surface area contributed by atoms with Gasteiger partial charge in [-0.2, -0.15) is 13.2 Å². The number of amides is 2. The molecule has 2 N–H and O–H groups in total. The van der Waals surface area contributed by atoms with Gasteiger partial charge in [0.2, 0.25) is 0 Å². The van der Waals surface area contributed by atoms with Gasteiger partial charge in [-0.25, -0.2) is 4.79 Å². The Bertz CT molecular complexity index is 461. The lowest BCUT2D eigenvalue weighted by Crippen LogP contribution is -2.21. The normalized spacial score (nSPS) is 20.0. The summed E-state index contributed by atoms with van der Waals surface area (Å²) in [6, 6.07) is 2.77. The highest BCUT2D eigenvalue weighted by atomic mass is 35.5. The van der Waals surface area contributed by atoms with Crippen LogP contribution in [0.2, 0.25) is 5.02 Å². The van der Waals surface area contributed by atoms with E-state index in [4.69, 9.17) is 11.6 Å². The average molecular weight is 265 g/mol. The summed E-state index contributed by atoms with van der Waals surface area (Å²) in [4.78, 5) is 10.9. The standard InChI is InChI=1S/C10H8ClF3N2O/c11-7-3-5(8-4-15-9(17)16-8)1-2-6(7)10(12,13)14/h1-3,8H,4H2,(H2,15,16,17)/t8-/m0/s1. The molecular weight excluding hydrogens is 257 g/mol. The van der Waals surface area contributed by atoms with Crippen LogP contribution in [-0.4, -0.2) is 12.6 Å².